The topological polar surface area (TPSA) is 69.8 Å². The Bertz CT molecular complexity index is 682. The van der Waals surface area contributed by atoms with Gasteiger partial charge in [0.15, 0.2) is 5.69 Å². The zero-order chi connectivity index (χ0) is 16.3. The Morgan fingerprint density at radius 3 is 2.79 bits per heavy atom. The van der Waals surface area contributed by atoms with E-state index in [-0.39, 0.29) is 23.7 Å². The van der Waals surface area contributed by atoms with E-state index in [1.807, 2.05) is 18.2 Å². The highest BCUT2D eigenvalue weighted by atomic mass is 35.5. The molecule has 5 nitrogen and oxygen atoms in total. The maximum atomic E-state index is 12.5. The van der Waals surface area contributed by atoms with Crippen LogP contribution in [0.25, 0.3) is 0 Å². The van der Waals surface area contributed by atoms with E-state index in [1.54, 1.807) is 0 Å². The number of halogens is 1. The molecule has 0 bridgehead atoms. The molecule has 2 heterocycles. The zero-order valence-corrected chi connectivity index (χ0v) is 15.0. The minimum absolute atomic E-state index is 0. The van der Waals surface area contributed by atoms with Crippen molar-refractivity contribution in [1.82, 2.24) is 20.8 Å². The van der Waals surface area contributed by atoms with Gasteiger partial charge >= 0.3 is 0 Å². The lowest BCUT2D eigenvalue weighted by molar-refractivity contribution is 0.0930. The minimum atomic E-state index is -0.0904. The van der Waals surface area contributed by atoms with E-state index in [2.05, 4.69) is 46.8 Å². The maximum absolute atomic E-state index is 12.5. The van der Waals surface area contributed by atoms with E-state index >= 15 is 0 Å². The first-order valence-corrected chi connectivity index (χ1v) is 8.14. The number of carbonyl (C=O) groups is 1. The van der Waals surface area contributed by atoms with Gasteiger partial charge in [-0.3, -0.25) is 9.89 Å². The van der Waals surface area contributed by atoms with Crippen LogP contribution in [0.1, 0.15) is 41.2 Å². The molecule has 0 unspecified atom stereocenters. The molecular formula is C18H25ClN4O. The van der Waals surface area contributed by atoms with E-state index < -0.39 is 0 Å². The summed E-state index contributed by atoms with van der Waals surface area (Å²) in [6.45, 7) is 6.60. The first-order valence-electron chi connectivity index (χ1n) is 8.14. The molecular weight excluding hydrogens is 324 g/mol. The quantitative estimate of drug-likeness (QED) is 0.777. The zero-order valence-electron chi connectivity index (χ0n) is 14.2. The highest BCUT2D eigenvalue weighted by Gasteiger charge is 2.24. The number of rotatable bonds is 5. The number of amides is 1. The monoisotopic (exact) mass is 348 g/mol. The molecule has 24 heavy (non-hydrogen) atoms. The molecule has 1 aliphatic heterocycles. The molecule has 0 saturated heterocycles. The van der Waals surface area contributed by atoms with Gasteiger partial charge in [0, 0.05) is 37.3 Å². The van der Waals surface area contributed by atoms with Crippen LogP contribution in [0.4, 0.5) is 0 Å². The smallest absolute Gasteiger partial charge is 0.272 e. The fraction of sp³-hybridized carbons (Fsp3) is 0.444. The number of fused-ring (bicyclic) bond motifs is 1. The van der Waals surface area contributed by atoms with Crippen LogP contribution < -0.4 is 10.6 Å². The second-order valence-electron chi connectivity index (χ2n) is 6.97. The van der Waals surface area contributed by atoms with Crippen molar-refractivity contribution in [3.05, 3.63) is 52.8 Å². The van der Waals surface area contributed by atoms with Gasteiger partial charge in [-0.15, -0.1) is 12.4 Å². The van der Waals surface area contributed by atoms with Gasteiger partial charge in [-0.05, 0) is 17.4 Å². The van der Waals surface area contributed by atoms with Crippen molar-refractivity contribution in [2.75, 3.05) is 13.1 Å². The van der Waals surface area contributed by atoms with Crippen molar-refractivity contribution >= 4 is 18.3 Å². The Hall–Kier alpha value is -1.85. The molecule has 6 heteroatoms. The molecule has 0 atom stereocenters. The summed E-state index contributed by atoms with van der Waals surface area (Å²) in [5, 5.41) is 13.5. The van der Waals surface area contributed by atoms with Crippen molar-refractivity contribution in [2.24, 2.45) is 5.41 Å². The van der Waals surface area contributed by atoms with Crippen molar-refractivity contribution in [3.8, 4) is 0 Å². The number of benzene rings is 1. The predicted molar refractivity (Wildman–Crippen MR) is 97.5 cm³/mol. The summed E-state index contributed by atoms with van der Waals surface area (Å²) in [7, 11) is 0. The van der Waals surface area contributed by atoms with Gasteiger partial charge < -0.3 is 10.6 Å². The highest BCUT2D eigenvalue weighted by molar-refractivity contribution is 5.94. The lowest BCUT2D eigenvalue weighted by atomic mass is 9.85. The summed E-state index contributed by atoms with van der Waals surface area (Å²) in [5.74, 6) is -0.0904. The van der Waals surface area contributed by atoms with Crippen LogP contribution in [0.5, 0.6) is 0 Å². The van der Waals surface area contributed by atoms with Crippen LogP contribution in [0.15, 0.2) is 30.3 Å². The Labute approximate surface area is 149 Å². The Morgan fingerprint density at radius 1 is 1.29 bits per heavy atom. The summed E-state index contributed by atoms with van der Waals surface area (Å²) in [5.41, 5.74) is 3.90. The standard InChI is InChI=1S/C18H24N4O.ClH/c1-18(2,10-13-6-4-3-5-7-13)12-20-17(23)16-14-11-19-9-8-15(14)21-22-16;/h3-7,19H,8-12H2,1-2H3,(H,20,23)(H,21,22);1H. The second-order valence-corrected chi connectivity index (χ2v) is 6.97. The first-order chi connectivity index (χ1) is 11.1. The van der Waals surface area contributed by atoms with Crippen LogP contribution in [-0.4, -0.2) is 29.2 Å². The molecule has 0 aliphatic carbocycles. The van der Waals surface area contributed by atoms with Crippen molar-refractivity contribution < 1.29 is 4.79 Å². The number of aromatic nitrogens is 2. The summed E-state index contributed by atoms with van der Waals surface area (Å²) in [4.78, 5) is 12.5. The van der Waals surface area contributed by atoms with Crippen molar-refractivity contribution in [1.29, 1.82) is 0 Å². The fourth-order valence-electron chi connectivity index (χ4n) is 3.03. The average Bonchev–Trinajstić information content (AvgIpc) is 2.97. The van der Waals surface area contributed by atoms with E-state index in [0.29, 0.717) is 18.8 Å². The number of H-pyrrole nitrogens is 1. The van der Waals surface area contributed by atoms with Gasteiger partial charge in [-0.2, -0.15) is 5.10 Å². The summed E-state index contributed by atoms with van der Waals surface area (Å²) in [6, 6.07) is 10.4. The van der Waals surface area contributed by atoms with Crippen LogP contribution >= 0.6 is 12.4 Å². The minimum Gasteiger partial charge on any atom is -0.350 e. The van der Waals surface area contributed by atoms with Gasteiger partial charge in [0.25, 0.3) is 5.91 Å². The van der Waals surface area contributed by atoms with Crippen LogP contribution in [-0.2, 0) is 19.4 Å². The number of hydrogen-bond acceptors (Lipinski definition) is 3. The molecule has 1 aromatic heterocycles. The van der Waals surface area contributed by atoms with Crippen LogP contribution in [0.3, 0.4) is 0 Å². The van der Waals surface area contributed by atoms with Gasteiger partial charge in [0.1, 0.15) is 0 Å². The fourth-order valence-corrected chi connectivity index (χ4v) is 3.03. The first kappa shape index (κ1) is 18.5. The predicted octanol–water partition coefficient (Wildman–Crippen LogP) is 2.48. The molecule has 1 aromatic carbocycles. The third kappa shape index (κ3) is 4.36. The van der Waals surface area contributed by atoms with Crippen molar-refractivity contribution in [3.63, 3.8) is 0 Å². The number of nitrogens with zero attached hydrogens (tertiary/aromatic N) is 1. The third-order valence-corrected chi connectivity index (χ3v) is 4.27. The summed E-state index contributed by atoms with van der Waals surface area (Å²) >= 11 is 0. The second kappa shape index (κ2) is 7.81. The molecule has 0 fully saturated rings. The number of carbonyl (C=O) groups excluding carboxylic acids is 1. The number of nitrogens with one attached hydrogen (secondary N) is 3. The van der Waals surface area contributed by atoms with Crippen molar-refractivity contribution in [2.45, 2.75) is 33.2 Å². The molecule has 0 saturated carbocycles. The molecule has 3 rings (SSSR count). The van der Waals surface area contributed by atoms with Gasteiger partial charge in [-0.25, -0.2) is 0 Å². The van der Waals surface area contributed by atoms with E-state index in [9.17, 15) is 4.79 Å². The lowest BCUT2D eigenvalue weighted by Gasteiger charge is -2.25. The average molecular weight is 349 g/mol. The highest BCUT2D eigenvalue weighted by Crippen LogP contribution is 2.21. The number of hydrogen-bond donors (Lipinski definition) is 3. The Kier molecular flexibility index (Phi) is 6.02. The summed E-state index contributed by atoms with van der Waals surface area (Å²) < 4.78 is 0. The SMILES string of the molecule is CC(C)(CNC(=O)c1n[nH]c2c1CNCC2)Cc1ccccc1.Cl. The van der Waals surface area contributed by atoms with Crippen LogP contribution in [0.2, 0.25) is 0 Å². The molecule has 0 spiro atoms. The largest absolute Gasteiger partial charge is 0.350 e. The van der Waals surface area contributed by atoms with E-state index in [0.717, 1.165) is 30.6 Å². The summed E-state index contributed by atoms with van der Waals surface area (Å²) in [6.07, 6.45) is 1.82. The Balaban J connectivity index is 0.00000208. The normalized spacial score (nSPS) is 13.8. The third-order valence-electron chi connectivity index (χ3n) is 4.27. The number of aromatic amines is 1. The van der Waals surface area contributed by atoms with Gasteiger partial charge in [-0.1, -0.05) is 44.2 Å². The lowest BCUT2D eigenvalue weighted by Crippen LogP contribution is -2.36. The van der Waals surface area contributed by atoms with E-state index in [1.165, 1.54) is 5.56 Å². The molecule has 130 valence electrons. The maximum Gasteiger partial charge on any atom is 0.272 e. The molecule has 1 amide bonds. The molecule has 0 radical (unpaired) electrons. The molecule has 1 aliphatic rings. The Morgan fingerprint density at radius 2 is 2.04 bits per heavy atom. The van der Waals surface area contributed by atoms with Crippen LogP contribution in [0, 0.1) is 5.41 Å². The van der Waals surface area contributed by atoms with Gasteiger partial charge in [0.05, 0.1) is 0 Å². The molecule has 3 N–H and O–H groups in total. The van der Waals surface area contributed by atoms with E-state index in [4.69, 9.17) is 0 Å². The molecule has 2 aromatic rings. The van der Waals surface area contributed by atoms with Gasteiger partial charge in [0.2, 0.25) is 0 Å².